The van der Waals surface area contributed by atoms with Crippen molar-refractivity contribution in [2.24, 2.45) is 16.9 Å². The van der Waals surface area contributed by atoms with E-state index < -0.39 is 0 Å². The highest BCUT2D eigenvalue weighted by molar-refractivity contribution is 5.96. The topological polar surface area (TPSA) is 56.7 Å². The summed E-state index contributed by atoms with van der Waals surface area (Å²) in [6, 6.07) is 8.04. The van der Waals surface area contributed by atoms with Crippen LogP contribution in [0.1, 0.15) is 31.2 Å². The molecule has 5 heteroatoms. The minimum absolute atomic E-state index is 0.0731. The third kappa shape index (κ3) is 4.50. The summed E-state index contributed by atoms with van der Waals surface area (Å²) in [6.07, 6.45) is 6.20. The average Bonchev–Trinajstić information content (AvgIpc) is 3.33. The maximum absolute atomic E-state index is 12.4. The Morgan fingerprint density at radius 3 is 2.92 bits per heavy atom. The zero-order chi connectivity index (χ0) is 17.8. The first-order valence-electron chi connectivity index (χ1n) is 8.81. The van der Waals surface area contributed by atoms with Crippen molar-refractivity contribution in [3.8, 4) is 0 Å². The number of hydrazone groups is 1. The second-order valence-electron chi connectivity index (χ2n) is 6.96. The quantitative estimate of drug-likeness (QED) is 0.565. The van der Waals surface area contributed by atoms with Crippen molar-refractivity contribution in [2.45, 2.75) is 32.6 Å². The summed E-state index contributed by atoms with van der Waals surface area (Å²) in [6.45, 7) is 10.3. The third-order valence-electron chi connectivity index (χ3n) is 4.78. The van der Waals surface area contributed by atoms with E-state index in [1.807, 2.05) is 36.1 Å². The predicted octanol–water partition coefficient (Wildman–Crippen LogP) is 3.30. The maximum Gasteiger partial charge on any atom is 0.227 e. The molecule has 2 N–H and O–H groups in total. The van der Waals surface area contributed by atoms with E-state index in [1.165, 1.54) is 12.8 Å². The summed E-state index contributed by atoms with van der Waals surface area (Å²) >= 11 is 0. The van der Waals surface area contributed by atoms with Gasteiger partial charge in [-0.25, -0.2) is 0 Å². The van der Waals surface area contributed by atoms with Crippen LogP contribution in [0.3, 0.4) is 0 Å². The molecule has 1 aliphatic carbocycles. The molecule has 1 unspecified atom stereocenters. The van der Waals surface area contributed by atoms with Crippen LogP contribution in [0.15, 0.2) is 53.5 Å². The first-order chi connectivity index (χ1) is 12.1. The fraction of sp³-hybridized carbons (Fsp3) is 0.400. The molecule has 1 aromatic rings. The van der Waals surface area contributed by atoms with Gasteiger partial charge >= 0.3 is 0 Å². The molecule has 3 rings (SSSR count). The smallest absolute Gasteiger partial charge is 0.227 e. The number of aryl methyl sites for hydroxylation is 1. The molecule has 1 aromatic carbocycles. The molecule has 2 aliphatic rings. The Morgan fingerprint density at radius 2 is 2.24 bits per heavy atom. The predicted molar refractivity (Wildman–Crippen MR) is 102 cm³/mol. The van der Waals surface area contributed by atoms with Crippen LogP contribution in [0.5, 0.6) is 0 Å². The summed E-state index contributed by atoms with van der Waals surface area (Å²) in [5.74, 6) is 1.80. The van der Waals surface area contributed by atoms with Gasteiger partial charge in [-0.05, 0) is 55.9 Å². The van der Waals surface area contributed by atoms with Crippen molar-refractivity contribution >= 4 is 18.3 Å². The zero-order valence-electron chi connectivity index (χ0n) is 14.8. The van der Waals surface area contributed by atoms with E-state index in [2.05, 4.69) is 35.2 Å². The fourth-order valence-corrected chi connectivity index (χ4v) is 3.11. The molecular formula is C20H26N4O. The van der Waals surface area contributed by atoms with Gasteiger partial charge in [0.2, 0.25) is 5.91 Å². The standard InChI is InChI=1S/C20H26N4O/c1-14-5-4-6-18(11-14)24-13-17(12-20(24)25)15(2)22-19(23-21-3)10-9-16-7-8-16/h4-6,10-11,16-17,22-23H,2-3,7-9,12-13H2,1H3/b19-10-. The van der Waals surface area contributed by atoms with Gasteiger partial charge in [0.1, 0.15) is 5.82 Å². The van der Waals surface area contributed by atoms with Crippen LogP contribution in [0.2, 0.25) is 0 Å². The Hall–Kier alpha value is -2.56. The van der Waals surface area contributed by atoms with E-state index in [-0.39, 0.29) is 11.8 Å². The van der Waals surface area contributed by atoms with Crippen molar-refractivity contribution in [3.63, 3.8) is 0 Å². The molecule has 1 heterocycles. The number of hydrogen-bond acceptors (Lipinski definition) is 4. The van der Waals surface area contributed by atoms with Gasteiger partial charge in [0.05, 0.1) is 0 Å². The molecule has 132 valence electrons. The summed E-state index contributed by atoms with van der Waals surface area (Å²) < 4.78 is 0. The number of rotatable bonds is 8. The molecule has 1 amide bonds. The maximum atomic E-state index is 12.4. The van der Waals surface area contributed by atoms with Crippen molar-refractivity contribution in [2.75, 3.05) is 11.4 Å². The molecule has 0 radical (unpaired) electrons. The minimum atomic E-state index is 0.0731. The number of anilines is 1. The highest BCUT2D eigenvalue weighted by Crippen LogP contribution is 2.33. The Bertz CT molecular complexity index is 705. The van der Waals surface area contributed by atoms with Crippen molar-refractivity contribution in [1.29, 1.82) is 0 Å². The van der Waals surface area contributed by atoms with Gasteiger partial charge in [-0.15, -0.1) is 0 Å². The molecule has 25 heavy (non-hydrogen) atoms. The largest absolute Gasteiger partial charge is 0.345 e. The van der Waals surface area contributed by atoms with E-state index in [1.54, 1.807) is 0 Å². The second-order valence-corrected chi connectivity index (χ2v) is 6.96. The van der Waals surface area contributed by atoms with Crippen molar-refractivity contribution < 1.29 is 4.79 Å². The number of carbonyl (C=O) groups is 1. The van der Waals surface area contributed by atoms with E-state index in [0.717, 1.165) is 35.1 Å². The lowest BCUT2D eigenvalue weighted by Crippen LogP contribution is -2.28. The molecule has 1 saturated heterocycles. The number of nitrogens with zero attached hydrogens (tertiary/aromatic N) is 2. The monoisotopic (exact) mass is 338 g/mol. The highest BCUT2D eigenvalue weighted by Gasteiger charge is 2.32. The van der Waals surface area contributed by atoms with Crippen LogP contribution in [-0.4, -0.2) is 19.2 Å². The zero-order valence-corrected chi connectivity index (χ0v) is 14.8. The van der Waals surface area contributed by atoms with Crippen LogP contribution >= 0.6 is 0 Å². The summed E-state index contributed by atoms with van der Waals surface area (Å²) in [7, 11) is 0. The lowest BCUT2D eigenvalue weighted by atomic mass is 10.1. The van der Waals surface area contributed by atoms with Crippen LogP contribution in [0.25, 0.3) is 0 Å². The summed E-state index contributed by atoms with van der Waals surface area (Å²) in [5.41, 5.74) is 5.83. The first kappa shape index (κ1) is 17.3. The van der Waals surface area contributed by atoms with Crippen LogP contribution in [0, 0.1) is 18.8 Å². The number of nitrogens with one attached hydrogen (secondary N) is 2. The minimum Gasteiger partial charge on any atom is -0.345 e. The van der Waals surface area contributed by atoms with E-state index in [4.69, 9.17) is 0 Å². The molecule has 1 aliphatic heterocycles. The summed E-state index contributed by atoms with van der Waals surface area (Å²) in [5, 5.41) is 7.04. The van der Waals surface area contributed by atoms with Gasteiger partial charge in [0, 0.05) is 37.0 Å². The van der Waals surface area contributed by atoms with E-state index in [9.17, 15) is 4.79 Å². The number of carbonyl (C=O) groups excluding carboxylic acids is 1. The SMILES string of the molecule is C=NN/C(=C\CC1CC1)NC(=C)C1CC(=O)N(c2cccc(C)c2)C1. The Labute approximate surface area is 149 Å². The lowest BCUT2D eigenvalue weighted by Gasteiger charge is -2.20. The molecule has 0 bridgehead atoms. The first-order valence-corrected chi connectivity index (χ1v) is 8.81. The van der Waals surface area contributed by atoms with Gasteiger partial charge in [-0.3, -0.25) is 10.2 Å². The van der Waals surface area contributed by atoms with E-state index in [0.29, 0.717) is 13.0 Å². The molecular weight excluding hydrogens is 312 g/mol. The number of amides is 1. The average molecular weight is 338 g/mol. The molecule has 0 spiro atoms. The van der Waals surface area contributed by atoms with Crippen LogP contribution in [-0.2, 0) is 4.79 Å². The van der Waals surface area contributed by atoms with Gasteiger partial charge in [-0.1, -0.05) is 18.7 Å². The number of hydrogen-bond donors (Lipinski definition) is 2. The van der Waals surface area contributed by atoms with Crippen molar-refractivity contribution in [1.82, 2.24) is 10.7 Å². The van der Waals surface area contributed by atoms with Gasteiger partial charge in [0.25, 0.3) is 0 Å². The molecule has 2 fully saturated rings. The number of benzene rings is 1. The highest BCUT2D eigenvalue weighted by atomic mass is 16.2. The second kappa shape index (κ2) is 7.55. The Morgan fingerprint density at radius 1 is 1.44 bits per heavy atom. The molecule has 0 aromatic heterocycles. The Balaban J connectivity index is 1.63. The normalized spacial score (nSPS) is 20.5. The molecule has 1 saturated carbocycles. The summed E-state index contributed by atoms with van der Waals surface area (Å²) in [4.78, 5) is 14.3. The van der Waals surface area contributed by atoms with Crippen LogP contribution < -0.4 is 15.6 Å². The number of allylic oxidation sites excluding steroid dienone is 1. The van der Waals surface area contributed by atoms with Crippen molar-refractivity contribution in [3.05, 3.63) is 54.0 Å². The van der Waals surface area contributed by atoms with Gasteiger partial charge in [0.15, 0.2) is 0 Å². The van der Waals surface area contributed by atoms with Gasteiger partial charge < -0.3 is 10.2 Å². The molecule has 1 atom stereocenters. The fourth-order valence-electron chi connectivity index (χ4n) is 3.11. The van der Waals surface area contributed by atoms with Gasteiger partial charge in [-0.2, -0.15) is 5.10 Å². The van der Waals surface area contributed by atoms with E-state index >= 15 is 0 Å². The van der Waals surface area contributed by atoms with Crippen LogP contribution in [0.4, 0.5) is 5.69 Å². The Kier molecular flexibility index (Phi) is 5.22. The molecule has 5 nitrogen and oxygen atoms in total. The third-order valence-corrected chi connectivity index (χ3v) is 4.78. The lowest BCUT2D eigenvalue weighted by molar-refractivity contribution is -0.117.